The average molecular weight is 348 g/mol. The maximum absolute atomic E-state index is 10.6. The number of hydrogen-bond donors (Lipinski definition) is 2. The number of nitrogens with two attached hydrogens (primary N) is 1. The van der Waals surface area contributed by atoms with Crippen LogP contribution in [0.3, 0.4) is 0 Å². The number of halogens is 1. The van der Waals surface area contributed by atoms with Gasteiger partial charge in [0, 0.05) is 10.0 Å². The van der Waals surface area contributed by atoms with Gasteiger partial charge in [-0.1, -0.05) is 40.2 Å². The van der Waals surface area contributed by atoms with Crippen molar-refractivity contribution in [1.29, 1.82) is 0 Å². The summed E-state index contributed by atoms with van der Waals surface area (Å²) in [7, 11) is 0. The molecule has 2 amide bonds. The summed E-state index contributed by atoms with van der Waals surface area (Å²) in [5.74, 6) is 0.676. The number of amides is 2. The molecule has 0 aromatic heterocycles. The molecule has 0 aliphatic rings. The van der Waals surface area contributed by atoms with Crippen molar-refractivity contribution in [1.82, 2.24) is 5.43 Å². The van der Waals surface area contributed by atoms with Gasteiger partial charge in [0.2, 0.25) is 0 Å². The van der Waals surface area contributed by atoms with Crippen molar-refractivity contribution < 1.29 is 9.53 Å². The van der Waals surface area contributed by atoms with Gasteiger partial charge in [-0.15, -0.1) is 0 Å². The Morgan fingerprint density at radius 3 is 2.67 bits per heavy atom. The molecule has 21 heavy (non-hydrogen) atoms. The Bertz CT molecular complexity index is 642. The van der Waals surface area contributed by atoms with Crippen molar-refractivity contribution in [3.05, 3.63) is 64.1 Å². The molecule has 0 saturated carbocycles. The molecule has 0 heterocycles. The number of nitrogens with one attached hydrogen (secondary N) is 1. The van der Waals surface area contributed by atoms with Crippen LogP contribution in [0.1, 0.15) is 11.1 Å². The van der Waals surface area contributed by atoms with Crippen LogP contribution in [-0.4, -0.2) is 12.2 Å². The lowest BCUT2D eigenvalue weighted by molar-refractivity contribution is 0.249. The van der Waals surface area contributed by atoms with Crippen molar-refractivity contribution in [2.24, 2.45) is 10.8 Å². The number of benzene rings is 2. The molecule has 2 aromatic rings. The van der Waals surface area contributed by atoms with E-state index in [0.717, 1.165) is 15.6 Å². The van der Waals surface area contributed by atoms with Crippen LogP contribution < -0.4 is 15.9 Å². The van der Waals surface area contributed by atoms with E-state index in [9.17, 15) is 4.79 Å². The number of carbonyl (C=O) groups is 1. The van der Waals surface area contributed by atoms with Crippen LogP contribution in [-0.2, 0) is 6.61 Å². The van der Waals surface area contributed by atoms with Crippen LogP contribution in [0.15, 0.2) is 58.1 Å². The van der Waals surface area contributed by atoms with E-state index in [1.54, 1.807) is 0 Å². The van der Waals surface area contributed by atoms with Crippen molar-refractivity contribution in [2.75, 3.05) is 0 Å². The first-order valence-electron chi connectivity index (χ1n) is 6.20. The summed E-state index contributed by atoms with van der Waals surface area (Å²) in [5.41, 5.74) is 8.90. The minimum atomic E-state index is -0.709. The van der Waals surface area contributed by atoms with E-state index in [4.69, 9.17) is 10.5 Å². The van der Waals surface area contributed by atoms with E-state index in [1.807, 2.05) is 48.5 Å². The van der Waals surface area contributed by atoms with Gasteiger partial charge in [-0.25, -0.2) is 10.2 Å². The molecule has 0 fully saturated rings. The van der Waals surface area contributed by atoms with Crippen molar-refractivity contribution in [3.63, 3.8) is 0 Å². The van der Waals surface area contributed by atoms with Crippen molar-refractivity contribution in [2.45, 2.75) is 6.61 Å². The normalized spacial score (nSPS) is 10.5. The fourth-order valence-corrected chi connectivity index (χ4v) is 1.89. The standard InChI is InChI=1S/C15H14BrN3O2/c16-13-7-5-11(6-8-13)10-21-14-4-2-1-3-12(14)9-18-19-15(17)20/h1-9H,10H2,(H3,17,19,20)/b18-9-. The molecular formula is C15H14BrN3O2. The lowest BCUT2D eigenvalue weighted by Gasteiger charge is -2.09. The van der Waals surface area contributed by atoms with Gasteiger partial charge in [-0.3, -0.25) is 0 Å². The first-order valence-corrected chi connectivity index (χ1v) is 6.99. The van der Waals surface area contributed by atoms with E-state index in [2.05, 4.69) is 26.5 Å². The molecule has 0 saturated heterocycles. The second-order valence-corrected chi connectivity index (χ2v) is 5.10. The van der Waals surface area contributed by atoms with E-state index in [-0.39, 0.29) is 0 Å². The Balaban J connectivity index is 2.04. The van der Waals surface area contributed by atoms with Crippen LogP contribution in [0, 0.1) is 0 Å². The topological polar surface area (TPSA) is 76.7 Å². The van der Waals surface area contributed by atoms with Crippen molar-refractivity contribution >= 4 is 28.2 Å². The molecule has 2 rings (SSSR count). The highest BCUT2D eigenvalue weighted by Gasteiger charge is 2.01. The first-order chi connectivity index (χ1) is 10.1. The van der Waals surface area contributed by atoms with E-state index >= 15 is 0 Å². The second kappa shape index (κ2) is 7.44. The third kappa shape index (κ3) is 4.92. The molecule has 0 aliphatic heterocycles. The largest absolute Gasteiger partial charge is 0.488 e. The number of primary amides is 1. The monoisotopic (exact) mass is 347 g/mol. The number of para-hydroxylation sites is 1. The van der Waals surface area contributed by atoms with Gasteiger partial charge in [0.25, 0.3) is 0 Å². The molecule has 2 aromatic carbocycles. The zero-order valence-corrected chi connectivity index (χ0v) is 12.7. The fraction of sp³-hybridized carbons (Fsp3) is 0.0667. The highest BCUT2D eigenvalue weighted by atomic mass is 79.9. The van der Waals surface area contributed by atoms with Crippen LogP contribution in [0.4, 0.5) is 4.79 Å². The number of carbonyl (C=O) groups excluding carboxylic acids is 1. The lowest BCUT2D eigenvalue weighted by Crippen LogP contribution is -2.24. The smallest absolute Gasteiger partial charge is 0.332 e. The number of urea groups is 1. The number of hydrazone groups is 1. The number of rotatable bonds is 5. The van der Waals surface area contributed by atoms with Crippen LogP contribution >= 0.6 is 15.9 Å². The third-order valence-corrected chi connectivity index (χ3v) is 3.13. The number of nitrogens with zero attached hydrogens (tertiary/aromatic N) is 1. The second-order valence-electron chi connectivity index (χ2n) is 4.19. The maximum atomic E-state index is 10.6. The molecule has 6 heteroatoms. The summed E-state index contributed by atoms with van der Waals surface area (Å²) in [5, 5.41) is 3.73. The van der Waals surface area contributed by atoms with Gasteiger partial charge in [0.05, 0.1) is 6.21 Å². The molecule has 0 atom stereocenters. The quantitative estimate of drug-likeness (QED) is 0.644. The predicted molar refractivity (Wildman–Crippen MR) is 85.2 cm³/mol. The van der Waals surface area contributed by atoms with Crippen LogP contribution in [0.5, 0.6) is 5.75 Å². The molecule has 3 N–H and O–H groups in total. The van der Waals surface area contributed by atoms with Gasteiger partial charge < -0.3 is 10.5 Å². The molecule has 0 aliphatic carbocycles. The first kappa shape index (κ1) is 15.1. The van der Waals surface area contributed by atoms with Gasteiger partial charge in [0.1, 0.15) is 12.4 Å². The highest BCUT2D eigenvalue weighted by molar-refractivity contribution is 9.10. The van der Waals surface area contributed by atoms with E-state index < -0.39 is 6.03 Å². The predicted octanol–water partition coefficient (Wildman–Crippen LogP) is 3.03. The molecule has 0 bridgehead atoms. The summed E-state index contributed by atoms with van der Waals surface area (Å²) < 4.78 is 6.79. The summed E-state index contributed by atoms with van der Waals surface area (Å²) in [6, 6.07) is 14.6. The van der Waals surface area contributed by atoms with Gasteiger partial charge in [-0.05, 0) is 29.8 Å². The minimum Gasteiger partial charge on any atom is -0.488 e. The highest BCUT2D eigenvalue weighted by Crippen LogP contribution is 2.18. The van der Waals surface area contributed by atoms with Gasteiger partial charge in [-0.2, -0.15) is 5.10 Å². The van der Waals surface area contributed by atoms with E-state index in [1.165, 1.54) is 6.21 Å². The summed E-state index contributed by atoms with van der Waals surface area (Å²) in [6.07, 6.45) is 1.49. The Labute approximate surface area is 130 Å². The Kier molecular flexibility index (Phi) is 5.34. The zero-order valence-electron chi connectivity index (χ0n) is 11.1. The molecular weight excluding hydrogens is 334 g/mol. The van der Waals surface area contributed by atoms with Gasteiger partial charge in [0.15, 0.2) is 0 Å². The third-order valence-electron chi connectivity index (χ3n) is 2.60. The zero-order chi connectivity index (χ0) is 15.1. The molecule has 5 nitrogen and oxygen atoms in total. The van der Waals surface area contributed by atoms with Crippen LogP contribution in [0.25, 0.3) is 0 Å². The summed E-state index contributed by atoms with van der Waals surface area (Å²) in [6.45, 7) is 0.446. The minimum absolute atomic E-state index is 0.446. The van der Waals surface area contributed by atoms with E-state index in [0.29, 0.717) is 12.4 Å². The number of ether oxygens (including phenoxy) is 1. The Morgan fingerprint density at radius 2 is 1.95 bits per heavy atom. The SMILES string of the molecule is NC(=O)N/N=C\c1ccccc1OCc1ccc(Br)cc1. The van der Waals surface area contributed by atoms with Crippen LogP contribution in [0.2, 0.25) is 0 Å². The Hall–Kier alpha value is -2.34. The molecule has 0 radical (unpaired) electrons. The summed E-state index contributed by atoms with van der Waals surface area (Å²) >= 11 is 3.39. The lowest BCUT2D eigenvalue weighted by atomic mass is 10.2. The maximum Gasteiger partial charge on any atom is 0.332 e. The van der Waals surface area contributed by atoms with Crippen molar-refractivity contribution in [3.8, 4) is 5.75 Å². The molecule has 0 unspecified atom stereocenters. The summed E-state index contributed by atoms with van der Waals surface area (Å²) in [4.78, 5) is 10.6. The van der Waals surface area contributed by atoms with Gasteiger partial charge >= 0.3 is 6.03 Å². The fourth-order valence-electron chi connectivity index (χ4n) is 1.63. The molecule has 0 spiro atoms. The Morgan fingerprint density at radius 1 is 1.24 bits per heavy atom. The number of hydrogen-bond acceptors (Lipinski definition) is 3. The molecule has 108 valence electrons. The average Bonchev–Trinajstić information content (AvgIpc) is 2.47.